The minimum atomic E-state index is 0.650. The lowest BCUT2D eigenvalue weighted by molar-refractivity contribution is 0.109. The van der Waals surface area contributed by atoms with E-state index in [4.69, 9.17) is 4.74 Å². The molecule has 1 aliphatic heterocycles. The van der Waals surface area contributed by atoms with Crippen molar-refractivity contribution in [3.8, 4) is 0 Å². The number of hydrogen-bond acceptors (Lipinski definition) is 2. The van der Waals surface area contributed by atoms with Crippen molar-refractivity contribution < 1.29 is 9.53 Å². The third-order valence-corrected chi connectivity index (χ3v) is 2.14. The van der Waals surface area contributed by atoms with Crippen LogP contribution in [0.2, 0.25) is 0 Å². The first-order chi connectivity index (χ1) is 5.90. The number of carbonyl (C=O) groups excluding carboxylic acids is 1. The zero-order chi connectivity index (χ0) is 8.39. The van der Waals surface area contributed by atoms with Gasteiger partial charge in [-0.25, -0.2) is 0 Å². The van der Waals surface area contributed by atoms with Gasteiger partial charge in [-0.2, -0.15) is 0 Å². The molecule has 0 aliphatic carbocycles. The van der Waals surface area contributed by atoms with E-state index in [-0.39, 0.29) is 0 Å². The fourth-order valence-electron chi connectivity index (χ4n) is 1.46. The molecule has 0 bridgehead atoms. The number of carbonyl (C=O) groups is 1. The molecule has 0 spiro atoms. The molecule has 0 atom stereocenters. The first kappa shape index (κ1) is 7.50. The summed E-state index contributed by atoms with van der Waals surface area (Å²) in [5.41, 5.74) is 3.21. The van der Waals surface area contributed by atoms with Crippen molar-refractivity contribution in [2.24, 2.45) is 0 Å². The van der Waals surface area contributed by atoms with Gasteiger partial charge in [0, 0.05) is 5.56 Å². The number of hydrogen-bond donors (Lipinski definition) is 0. The first-order valence-corrected chi connectivity index (χ1v) is 4.05. The Morgan fingerprint density at radius 3 is 3.08 bits per heavy atom. The smallest absolute Gasteiger partial charge is 0.150 e. The van der Waals surface area contributed by atoms with Crippen LogP contribution < -0.4 is 0 Å². The predicted octanol–water partition coefficient (Wildman–Crippen LogP) is 1.57. The highest BCUT2D eigenvalue weighted by atomic mass is 16.5. The Hall–Kier alpha value is -1.15. The molecule has 12 heavy (non-hydrogen) atoms. The maximum absolute atomic E-state index is 10.5. The number of aldehydes is 1. The highest BCUT2D eigenvalue weighted by Gasteiger charge is 2.08. The van der Waals surface area contributed by atoms with Crippen LogP contribution in [0.4, 0.5) is 0 Å². The molecule has 1 aromatic carbocycles. The molecule has 62 valence electrons. The molecule has 2 rings (SSSR count). The van der Waals surface area contributed by atoms with Gasteiger partial charge in [0.15, 0.2) is 0 Å². The van der Waals surface area contributed by atoms with E-state index < -0.39 is 0 Å². The summed E-state index contributed by atoms with van der Waals surface area (Å²) in [7, 11) is 0. The van der Waals surface area contributed by atoms with Crippen LogP contribution in [0, 0.1) is 0 Å². The molecule has 2 nitrogen and oxygen atoms in total. The Morgan fingerprint density at radius 2 is 2.25 bits per heavy atom. The summed E-state index contributed by atoms with van der Waals surface area (Å²) in [6.45, 7) is 1.45. The van der Waals surface area contributed by atoms with Gasteiger partial charge in [-0.15, -0.1) is 0 Å². The standard InChI is InChI=1S/C10H10O2/c11-6-8-1-2-9-3-4-12-7-10(9)5-8/h1-2,5-6H,3-4,7H2. The maximum atomic E-state index is 10.5. The van der Waals surface area contributed by atoms with Gasteiger partial charge in [0.1, 0.15) is 6.29 Å². The minimum Gasteiger partial charge on any atom is -0.376 e. The molecule has 0 saturated heterocycles. The molecule has 0 fully saturated rings. The predicted molar refractivity (Wildman–Crippen MR) is 45.2 cm³/mol. The van der Waals surface area contributed by atoms with Crippen LogP contribution in [0.1, 0.15) is 21.5 Å². The number of rotatable bonds is 1. The molecular weight excluding hydrogens is 152 g/mol. The van der Waals surface area contributed by atoms with Crippen molar-refractivity contribution >= 4 is 6.29 Å². The van der Waals surface area contributed by atoms with Gasteiger partial charge >= 0.3 is 0 Å². The van der Waals surface area contributed by atoms with Gasteiger partial charge in [0.05, 0.1) is 13.2 Å². The molecule has 0 aromatic heterocycles. The molecule has 2 heteroatoms. The summed E-state index contributed by atoms with van der Waals surface area (Å²) >= 11 is 0. The van der Waals surface area contributed by atoms with Gasteiger partial charge in [-0.3, -0.25) is 4.79 Å². The first-order valence-electron chi connectivity index (χ1n) is 4.05. The Bertz CT molecular complexity index is 305. The van der Waals surface area contributed by atoms with E-state index in [2.05, 4.69) is 0 Å². The second kappa shape index (κ2) is 3.07. The lowest BCUT2D eigenvalue weighted by atomic mass is 10.0. The second-order valence-electron chi connectivity index (χ2n) is 2.95. The van der Waals surface area contributed by atoms with Crippen LogP contribution >= 0.6 is 0 Å². The average molecular weight is 162 g/mol. The molecule has 0 unspecified atom stereocenters. The van der Waals surface area contributed by atoms with E-state index in [1.165, 1.54) is 5.56 Å². The quantitative estimate of drug-likeness (QED) is 0.586. The van der Waals surface area contributed by atoms with Crippen molar-refractivity contribution in [3.63, 3.8) is 0 Å². The van der Waals surface area contributed by atoms with Gasteiger partial charge in [-0.05, 0) is 23.6 Å². The molecule has 0 saturated carbocycles. The van der Waals surface area contributed by atoms with E-state index in [9.17, 15) is 4.79 Å². The molecule has 0 amide bonds. The van der Waals surface area contributed by atoms with Crippen molar-refractivity contribution in [1.82, 2.24) is 0 Å². The fraction of sp³-hybridized carbons (Fsp3) is 0.300. The molecule has 1 aliphatic rings. The van der Waals surface area contributed by atoms with Crippen molar-refractivity contribution in [1.29, 1.82) is 0 Å². The minimum absolute atomic E-state index is 0.650. The van der Waals surface area contributed by atoms with Gasteiger partial charge in [0.2, 0.25) is 0 Å². The third-order valence-electron chi connectivity index (χ3n) is 2.14. The molecular formula is C10H10O2. The van der Waals surface area contributed by atoms with E-state index in [1.807, 2.05) is 18.2 Å². The average Bonchev–Trinajstić information content (AvgIpc) is 2.17. The Labute approximate surface area is 71.2 Å². The summed E-state index contributed by atoms with van der Waals surface area (Å²) in [6.07, 6.45) is 1.84. The normalized spacial score (nSPS) is 15.3. The molecule has 1 heterocycles. The summed E-state index contributed by atoms with van der Waals surface area (Å²) in [5, 5.41) is 0. The highest BCUT2D eigenvalue weighted by molar-refractivity contribution is 5.75. The molecule has 1 aromatic rings. The number of fused-ring (bicyclic) bond motifs is 1. The van der Waals surface area contributed by atoms with Crippen molar-refractivity contribution in [3.05, 3.63) is 34.9 Å². The summed E-state index contributed by atoms with van der Waals surface area (Å²) in [4.78, 5) is 10.5. The second-order valence-corrected chi connectivity index (χ2v) is 2.95. The SMILES string of the molecule is O=Cc1ccc2c(c1)COCC2. The van der Waals surface area contributed by atoms with E-state index >= 15 is 0 Å². The van der Waals surface area contributed by atoms with Crippen LogP contribution in [0.3, 0.4) is 0 Å². The van der Waals surface area contributed by atoms with Crippen LogP contribution in [0.15, 0.2) is 18.2 Å². The number of benzene rings is 1. The van der Waals surface area contributed by atoms with Gasteiger partial charge < -0.3 is 4.74 Å². The van der Waals surface area contributed by atoms with Gasteiger partial charge in [0.25, 0.3) is 0 Å². The zero-order valence-electron chi connectivity index (χ0n) is 6.75. The van der Waals surface area contributed by atoms with Crippen molar-refractivity contribution in [2.45, 2.75) is 13.0 Å². The highest BCUT2D eigenvalue weighted by Crippen LogP contribution is 2.17. The zero-order valence-corrected chi connectivity index (χ0v) is 6.75. The lowest BCUT2D eigenvalue weighted by Gasteiger charge is -2.15. The van der Waals surface area contributed by atoms with E-state index in [0.717, 1.165) is 30.4 Å². The Kier molecular flexibility index (Phi) is 1.92. The lowest BCUT2D eigenvalue weighted by Crippen LogP contribution is -2.09. The van der Waals surface area contributed by atoms with E-state index in [1.54, 1.807) is 0 Å². The van der Waals surface area contributed by atoms with Crippen molar-refractivity contribution in [2.75, 3.05) is 6.61 Å². The molecule has 0 radical (unpaired) electrons. The van der Waals surface area contributed by atoms with Crippen LogP contribution in [0.5, 0.6) is 0 Å². The van der Waals surface area contributed by atoms with E-state index in [0.29, 0.717) is 6.61 Å². The van der Waals surface area contributed by atoms with Crippen LogP contribution in [-0.2, 0) is 17.8 Å². The Balaban J connectivity index is 2.42. The largest absolute Gasteiger partial charge is 0.376 e. The summed E-state index contributed by atoms with van der Waals surface area (Å²) in [6, 6.07) is 5.78. The van der Waals surface area contributed by atoms with Crippen LogP contribution in [0.25, 0.3) is 0 Å². The Morgan fingerprint density at radius 1 is 1.33 bits per heavy atom. The topological polar surface area (TPSA) is 26.3 Å². The fourth-order valence-corrected chi connectivity index (χ4v) is 1.46. The van der Waals surface area contributed by atoms with Crippen LogP contribution in [-0.4, -0.2) is 12.9 Å². The van der Waals surface area contributed by atoms with Gasteiger partial charge in [-0.1, -0.05) is 12.1 Å². The summed E-state index contributed by atoms with van der Waals surface area (Å²) in [5.74, 6) is 0. The maximum Gasteiger partial charge on any atom is 0.150 e. The molecule has 0 N–H and O–H groups in total. The number of ether oxygens (including phenoxy) is 1. The monoisotopic (exact) mass is 162 g/mol. The summed E-state index contributed by atoms with van der Waals surface area (Å²) < 4.78 is 5.28. The third kappa shape index (κ3) is 1.25.